The summed E-state index contributed by atoms with van der Waals surface area (Å²) in [5, 5.41) is 3.41. The van der Waals surface area contributed by atoms with Crippen molar-refractivity contribution in [2.45, 2.75) is 26.4 Å². The van der Waals surface area contributed by atoms with Crippen molar-refractivity contribution >= 4 is 11.3 Å². The highest BCUT2D eigenvalue weighted by molar-refractivity contribution is 7.15. The minimum absolute atomic E-state index is 0.218. The quantitative estimate of drug-likeness (QED) is 0.926. The zero-order valence-electron chi connectivity index (χ0n) is 10.5. The zero-order chi connectivity index (χ0) is 14.0. The predicted octanol–water partition coefficient (Wildman–Crippen LogP) is 3.73. The first-order chi connectivity index (χ1) is 8.97. The number of hydrogen-bond acceptors (Lipinski definition) is 3. The van der Waals surface area contributed by atoms with E-state index in [1.54, 1.807) is 6.20 Å². The lowest BCUT2D eigenvalue weighted by molar-refractivity contribution is 0.548. The molecule has 0 saturated carbocycles. The van der Waals surface area contributed by atoms with E-state index < -0.39 is 17.5 Å². The van der Waals surface area contributed by atoms with Crippen LogP contribution in [-0.4, -0.2) is 11.0 Å². The zero-order valence-corrected chi connectivity index (χ0v) is 11.3. The van der Waals surface area contributed by atoms with Gasteiger partial charge in [0.05, 0.1) is 5.56 Å². The smallest absolute Gasteiger partial charge is 0.139 e. The molecule has 0 amide bonds. The first kappa shape index (κ1) is 14.0. The van der Waals surface area contributed by atoms with Crippen LogP contribution in [0.25, 0.3) is 10.6 Å². The molecule has 0 bridgehead atoms. The van der Waals surface area contributed by atoms with E-state index in [1.165, 1.54) is 11.3 Å². The number of rotatable bonds is 4. The molecule has 1 aromatic heterocycles. The van der Waals surface area contributed by atoms with Gasteiger partial charge in [-0.1, -0.05) is 13.8 Å². The van der Waals surface area contributed by atoms with Gasteiger partial charge in [0.25, 0.3) is 0 Å². The Bertz CT molecular complexity index is 558. The van der Waals surface area contributed by atoms with Crippen molar-refractivity contribution in [3.8, 4) is 10.6 Å². The summed E-state index contributed by atoms with van der Waals surface area (Å²) in [6.45, 7) is 4.59. The molecule has 0 radical (unpaired) electrons. The average molecular weight is 286 g/mol. The Morgan fingerprint density at radius 1 is 1.21 bits per heavy atom. The highest BCUT2D eigenvalue weighted by atomic mass is 32.1. The molecule has 1 N–H and O–H groups in total. The highest BCUT2D eigenvalue weighted by Crippen LogP contribution is 2.30. The summed E-state index contributed by atoms with van der Waals surface area (Å²) in [7, 11) is 0. The standard InChI is InChI=1S/C13H13F3N2S/c1-7(2)17-5-9-6-18-13(19-9)12-10(15)3-8(14)4-11(12)16/h3-4,6-7,17H,5H2,1-2H3. The Labute approximate surface area is 113 Å². The molecule has 0 aliphatic rings. The van der Waals surface area contributed by atoms with E-state index in [1.807, 2.05) is 13.8 Å². The second kappa shape index (κ2) is 5.71. The molecule has 6 heteroatoms. The van der Waals surface area contributed by atoms with Gasteiger partial charge < -0.3 is 5.32 Å². The molecule has 2 nitrogen and oxygen atoms in total. The number of thiazole rings is 1. The Hall–Kier alpha value is -1.40. The van der Waals surface area contributed by atoms with Crippen molar-refractivity contribution in [2.75, 3.05) is 0 Å². The van der Waals surface area contributed by atoms with Gasteiger partial charge in [0.15, 0.2) is 0 Å². The summed E-state index contributed by atoms with van der Waals surface area (Å²) in [6, 6.07) is 1.63. The van der Waals surface area contributed by atoms with Crippen LogP contribution in [0.1, 0.15) is 18.7 Å². The summed E-state index contributed by atoms with van der Waals surface area (Å²) >= 11 is 1.19. The number of halogens is 3. The molecule has 0 saturated heterocycles. The molecule has 0 aliphatic carbocycles. The van der Waals surface area contributed by atoms with E-state index in [0.29, 0.717) is 24.7 Å². The van der Waals surface area contributed by atoms with E-state index in [-0.39, 0.29) is 10.6 Å². The van der Waals surface area contributed by atoms with Crippen LogP contribution in [0, 0.1) is 17.5 Å². The molecule has 2 aromatic rings. The van der Waals surface area contributed by atoms with E-state index in [4.69, 9.17) is 0 Å². The fraction of sp³-hybridized carbons (Fsp3) is 0.308. The summed E-state index contributed by atoms with van der Waals surface area (Å²) < 4.78 is 40.0. The third kappa shape index (κ3) is 3.33. The predicted molar refractivity (Wildman–Crippen MR) is 69.4 cm³/mol. The third-order valence-electron chi connectivity index (χ3n) is 2.46. The van der Waals surface area contributed by atoms with Crippen molar-refractivity contribution in [3.63, 3.8) is 0 Å². The normalized spacial score (nSPS) is 11.3. The average Bonchev–Trinajstić information content (AvgIpc) is 2.73. The summed E-state index contributed by atoms with van der Waals surface area (Å²) in [4.78, 5) is 4.86. The molecule has 1 heterocycles. The number of benzene rings is 1. The van der Waals surface area contributed by atoms with Crippen LogP contribution >= 0.6 is 11.3 Å². The van der Waals surface area contributed by atoms with Crippen LogP contribution in [0.5, 0.6) is 0 Å². The largest absolute Gasteiger partial charge is 0.310 e. The van der Waals surface area contributed by atoms with Gasteiger partial charge in [0.2, 0.25) is 0 Å². The molecule has 0 fully saturated rings. The summed E-state index contributed by atoms with van der Waals surface area (Å²) in [5.41, 5.74) is -0.276. The molecule has 0 unspecified atom stereocenters. The van der Waals surface area contributed by atoms with Gasteiger partial charge in [-0.2, -0.15) is 0 Å². The first-order valence-corrected chi connectivity index (χ1v) is 6.62. The number of nitrogens with one attached hydrogen (secondary N) is 1. The molecule has 0 atom stereocenters. The van der Waals surface area contributed by atoms with Crippen LogP contribution in [0.3, 0.4) is 0 Å². The van der Waals surface area contributed by atoms with Crippen molar-refractivity contribution in [1.29, 1.82) is 0 Å². The van der Waals surface area contributed by atoms with Crippen LogP contribution in [-0.2, 0) is 6.54 Å². The monoisotopic (exact) mass is 286 g/mol. The molecule has 0 spiro atoms. The van der Waals surface area contributed by atoms with Gasteiger partial charge in [-0.15, -0.1) is 11.3 Å². The Morgan fingerprint density at radius 2 is 1.84 bits per heavy atom. The molecule has 102 valence electrons. The molecule has 0 aliphatic heterocycles. The minimum atomic E-state index is -0.935. The number of nitrogens with zero attached hydrogens (tertiary/aromatic N) is 1. The third-order valence-corrected chi connectivity index (χ3v) is 3.47. The SMILES string of the molecule is CC(C)NCc1cnc(-c2c(F)cc(F)cc2F)s1. The maximum Gasteiger partial charge on any atom is 0.139 e. The van der Waals surface area contributed by atoms with Crippen molar-refractivity contribution in [3.05, 3.63) is 40.7 Å². The minimum Gasteiger partial charge on any atom is -0.310 e. The summed E-state index contributed by atoms with van der Waals surface area (Å²) in [6.07, 6.45) is 1.57. The lowest BCUT2D eigenvalue weighted by Crippen LogP contribution is -2.21. The van der Waals surface area contributed by atoms with Gasteiger partial charge in [0.1, 0.15) is 22.5 Å². The molecule has 2 rings (SSSR count). The topological polar surface area (TPSA) is 24.9 Å². The Kier molecular flexibility index (Phi) is 4.21. The number of hydrogen-bond donors (Lipinski definition) is 1. The van der Waals surface area contributed by atoms with Crippen LogP contribution < -0.4 is 5.32 Å². The van der Waals surface area contributed by atoms with Crippen molar-refractivity contribution in [2.24, 2.45) is 0 Å². The molecular weight excluding hydrogens is 273 g/mol. The fourth-order valence-corrected chi connectivity index (χ4v) is 2.47. The van der Waals surface area contributed by atoms with E-state index in [0.717, 1.165) is 4.88 Å². The second-order valence-electron chi connectivity index (χ2n) is 4.41. The number of aromatic nitrogens is 1. The highest BCUT2D eigenvalue weighted by Gasteiger charge is 2.16. The van der Waals surface area contributed by atoms with Gasteiger partial charge in [-0.25, -0.2) is 18.2 Å². The maximum atomic E-state index is 13.6. The lowest BCUT2D eigenvalue weighted by Gasteiger charge is -2.05. The van der Waals surface area contributed by atoms with Gasteiger partial charge in [-0.05, 0) is 0 Å². The van der Waals surface area contributed by atoms with E-state index in [2.05, 4.69) is 10.3 Å². The van der Waals surface area contributed by atoms with Crippen molar-refractivity contribution in [1.82, 2.24) is 10.3 Å². The van der Waals surface area contributed by atoms with E-state index >= 15 is 0 Å². The Morgan fingerprint density at radius 3 is 2.42 bits per heavy atom. The van der Waals surface area contributed by atoms with Crippen LogP contribution in [0.2, 0.25) is 0 Å². The van der Waals surface area contributed by atoms with E-state index in [9.17, 15) is 13.2 Å². The maximum absolute atomic E-state index is 13.6. The molecule has 19 heavy (non-hydrogen) atoms. The lowest BCUT2D eigenvalue weighted by atomic mass is 10.2. The fourth-order valence-electron chi connectivity index (χ4n) is 1.56. The molecule has 1 aromatic carbocycles. The Balaban J connectivity index is 2.28. The second-order valence-corrected chi connectivity index (χ2v) is 5.53. The van der Waals surface area contributed by atoms with Crippen LogP contribution in [0.15, 0.2) is 18.3 Å². The first-order valence-electron chi connectivity index (χ1n) is 5.80. The van der Waals surface area contributed by atoms with Gasteiger partial charge in [0, 0.05) is 35.8 Å². The van der Waals surface area contributed by atoms with Crippen molar-refractivity contribution < 1.29 is 13.2 Å². The molecular formula is C13H13F3N2S. The van der Waals surface area contributed by atoms with Crippen LogP contribution in [0.4, 0.5) is 13.2 Å². The van der Waals surface area contributed by atoms with Gasteiger partial charge >= 0.3 is 0 Å². The summed E-state index contributed by atoms with van der Waals surface area (Å²) in [5.74, 6) is -2.80. The van der Waals surface area contributed by atoms with Gasteiger partial charge in [-0.3, -0.25) is 0 Å².